The normalized spacial score (nSPS) is 23.5. The Bertz CT molecular complexity index is 1990. The summed E-state index contributed by atoms with van der Waals surface area (Å²) in [6.45, 7) is 2.75. The molecule has 0 aromatic carbocycles. The fourth-order valence-electron chi connectivity index (χ4n) is 11.2. The molecule has 9 N–H and O–H groups in total. The van der Waals surface area contributed by atoms with Crippen molar-refractivity contribution in [3.63, 3.8) is 0 Å². The van der Waals surface area contributed by atoms with Gasteiger partial charge in [0.15, 0.2) is 12.6 Å². The zero-order chi connectivity index (χ0) is 65.9. The van der Waals surface area contributed by atoms with Gasteiger partial charge in [0.1, 0.15) is 48.8 Å². The quantitative estimate of drug-likeness (QED) is 0.0204. The number of allylic oxidation sites excluding steroid dienone is 20. The minimum Gasteiger partial charge on any atom is -0.394 e. The molecule has 0 radical (unpaired) electrons. The van der Waals surface area contributed by atoms with E-state index in [4.69, 9.17) is 18.9 Å². The Kier molecular flexibility index (Phi) is 55.1. The van der Waals surface area contributed by atoms with E-state index in [9.17, 15) is 45.6 Å². The van der Waals surface area contributed by atoms with Crippen LogP contribution >= 0.6 is 0 Å². The van der Waals surface area contributed by atoms with E-state index in [0.29, 0.717) is 12.8 Å². The van der Waals surface area contributed by atoms with Crippen molar-refractivity contribution in [2.24, 2.45) is 0 Å². The molecule has 14 heteroatoms. The number of carbonyl (C=O) groups is 1. The lowest BCUT2D eigenvalue weighted by Crippen LogP contribution is -2.65. The number of aliphatic hydroxyl groups excluding tert-OH is 8. The van der Waals surface area contributed by atoms with E-state index in [-0.39, 0.29) is 18.9 Å². The molecule has 0 aromatic rings. The summed E-state index contributed by atoms with van der Waals surface area (Å²) >= 11 is 0. The summed E-state index contributed by atoms with van der Waals surface area (Å²) in [5, 5.41) is 87.6. The van der Waals surface area contributed by atoms with Crippen LogP contribution in [0.4, 0.5) is 0 Å². The summed E-state index contributed by atoms with van der Waals surface area (Å²) in [6.07, 6.45) is 70.6. The number of unbranched alkanes of at least 4 members (excludes halogenated alkanes) is 25. The third-order valence-electron chi connectivity index (χ3n) is 16.9. The van der Waals surface area contributed by atoms with Crippen LogP contribution in [-0.2, 0) is 23.7 Å². The predicted octanol–water partition coefficient (Wildman–Crippen LogP) is 15.3. The Hall–Kier alpha value is -3.61. The second-order valence-corrected chi connectivity index (χ2v) is 25.0. The fourth-order valence-corrected chi connectivity index (χ4v) is 11.2. The first-order valence-electron chi connectivity index (χ1n) is 36.3. The van der Waals surface area contributed by atoms with E-state index in [1.54, 1.807) is 0 Å². The number of carbonyl (C=O) groups excluding carboxylic acids is 1. The minimum atomic E-state index is -1.79. The fraction of sp³-hybridized carbons (Fsp3) is 0.727. The van der Waals surface area contributed by atoms with Crippen LogP contribution < -0.4 is 5.32 Å². The lowest BCUT2D eigenvalue weighted by Gasteiger charge is -2.46. The van der Waals surface area contributed by atoms with Crippen molar-refractivity contribution in [2.45, 2.75) is 338 Å². The van der Waals surface area contributed by atoms with Gasteiger partial charge in [-0.2, -0.15) is 0 Å². The number of hydrogen-bond donors (Lipinski definition) is 9. The number of aliphatic hydroxyl groups is 8. The molecule has 1 amide bonds. The highest BCUT2D eigenvalue weighted by atomic mass is 16.7. The van der Waals surface area contributed by atoms with Gasteiger partial charge in [0.2, 0.25) is 5.91 Å². The summed E-state index contributed by atoms with van der Waals surface area (Å²) < 4.78 is 22.9. The third kappa shape index (κ3) is 43.9. The number of amides is 1. The molecule has 2 heterocycles. The molecule has 2 rings (SSSR count). The van der Waals surface area contributed by atoms with E-state index in [2.05, 4.69) is 141 Å². The highest BCUT2D eigenvalue weighted by Gasteiger charge is 2.51. The smallest absolute Gasteiger partial charge is 0.220 e. The first-order chi connectivity index (χ1) is 44.6. The molecule has 12 atom stereocenters. The Balaban J connectivity index is 1.64. The van der Waals surface area contributed by atoms with Crippen LogP contribution in [0.15, 0.2) is 122 Å². The molecule has 0 saturated carbocycles. The van der Waals surface area contributed by atoms with E-state index in [0.717, 1.165) is 122 Å². The van der Waals surface area contributed by atoms with Crippen LogP contribution in [0.5, 0.6) is 0 Å². The number of nitrogens with one attached hydrogen (secondary N) is 1. The standard InChI is InChI=1S/C77H131NO13/c1-3-5-7-9-11-13-15-17-19-21-23-24-25-26-27-28-29-30-31-32-33-34-35-36-37-38-39-40-41-42-43-45-47-49-51-53-55-57-59-61-69(82)78-65(66(81)60-58-56-54-52-50-48-46-44-22-20-18-16-14-12-10-8-6-4-2)64-88-76-74(87)72(85)75(68(63-80)90-76)91-77-73(86)71(84)70(83)67(62-79)89-77/h5,7,11,13,17,19,23-24,26-27,29-30,32-33,35-36,38-39,41-42,65-68,70-77,79-81,83-87H,3-4,6,8-10,12,14-16,18,20-22,25,28,31,34,37,40,43-64H2,1-2H3,(H,78,82)/b7-5-,13-11-,19-17-,24-23-,27-26-,30-29-,33-32-,36-35-,39-38-,42-41-. The van der Waals surface area contributed by atoms with Crippen molar-refractivity contribution in [3.05, 3.63) is 122 Å². The van der Waals surface area contributed by atoms with Crippen molar-refractivity contribution in [1.82, 2.24) is 5.32 Å². The summed E-state index contributed by atoms with van der Waals surface area (Å²) in [5.41, 5.74) is 0. The lowest BCUT2D eigenvalue weighted by atomic mass is 9.97. The minimum absolute atomic E-state index is 0.218. The van der Waals surface area contributed by atoms with Crippen molar-refractivity contribution in [1.29, 1.82) is 0 Å². The molecule has 0 aromatic heterocycles. The van der Waals surface area contributed by atoms with Gasteiger partial charge in [-0.3, -0.25) is 4.79 Å². The van der Waals surface area contributed by atoms with Gasteiger partial charge >= 0.3 is 0 Å². The maximum Gasteiger partial charge on any atom is 0.220 e. The largest absolute Gasteiger partial charge is 0.394 e. The maximum atomic E-state index is 13.4. The van der Waals surface area contributed by atoms with E-state index in [1.165, 1.54) is 109 Å². The summed E-state index contributed by atoms with van der Waals surface area (Å²) in [7, 11) is 0. The second kappa shape index (κ2) is 60.1. The Labute approximate surface area is 552 Å². The van der Waals surface area contributed by atoms with Gasteiger partial charge in [-0.1, -0.05) is 289 Å². The molecule has 522 valence electrons. The zero-order valence-corrected chi connectivity index (χ0v) is 56.8. The first kappa shape index (κ1) is 83.5. The van der Waals surface area contributed by atoms with Gasteiger partial charge in [-0.25, -0.2) is 0 Å². The van der Waals surface area contributed by atoms with Gasteiger partial charge in [0.05, 0.1) is 32.0 Å². The van der Waals surface area contributed by atoms with Crippen molar-refractivity contribution < 1.29 is 64.6 Å². The van der Waals surface area contributed by atoms with Gasteiger partial charge < -0.3 is 65.1 Å². The van der Waals surface area contributed by atoms with E-state index >= 15 is 0 Å². The Morgan fingerprint density at radius 2 is 0.758 bits per heavy atom. The zero-order valence-electron chi connectivity index (χ0n) is 56.8. The molecule has 0 aliphatic carbocycles. The Morgan fingerprint density at radius 1 is 0.407 bits per heavy atom. The van der Waals surface area contributed by atoms with Crippen LogP contribution in [-0.4, -0.2) is 140 Å². The van der Waals surface area contributed by atoms with Crippen molar-refractivity contribution in [2.75, 3.05) is 19.8 Å². The highest BCUT2D eigenvalue weighted by molar-refractivity contribution is 5.76. The van der Waals surface area contributed by atoms with Crippen LogP contribution in [0.1, 0.15) is 264 Å². The van der Waals surface area contributed by atoms with Gasteiger partial charge in [-0.05, 0) is 89.9 Å². The predicted molar refractivity (Wildman–Crippen MR) is 373 cm³/mol. The molecule has 12 unspecified atom stereocenters. The summed E-state index contributed by atoms with van der Waals surface area (Å²) in [4.78, 5) is 13.4. The lowest BCUT2D eigenvalue weighted by molar-refractivity contribution is -0.359. The highest BCUT2D eigenvalue weighted by Crippen LogP contribution is 2.30. The second-order valence-electron chi connectivity index (χ2n) is 25.0. The molecule has 91 heavy (non-hydrogen) atoms. The number of ether oxygens (including phenoxy) is 4. The first-order valence-corrected chi connectivity index (χ1v) is 36.3. The summed E-state index contributed by atoms with van der Waals surface area (Å²) in [6, 6.07) is -0.842. The molecule has 0 bridgehead atoms. The van der Waals surface area contributed by atoms with Crippen molar-refractivity contribution in [3.8, 4) is 0 Å². The van der Waals surface area contributed by atoms with Crippen LogP contribution in [0.2, 0.25) is 0 Å². The molecule has 2 saturated heterocycles. The molecular formula is C77H131NO13. The topological polar surface area (TPSA) is 228 Å². The van der Waals surface area contributed by atoms with Crippen LogP contribution in [0.25, 0.3) is 0 Å². The average Bonchev–Trinajstić information content (AvgIpc) is 1.19. The molecule has 0 spiro atoms. The van der Waals surface area contributed by atoms with Gasteiger partial charge in [0.25, 0.3) is 0 Å². The van der Waals surface area contributed by atoms with Crippen LogP contribution in [0, 0.1) is 0 Å². The third-order valence-corrected chi connectivity index (χ3v) is 16.9. The molecular weight excluding hydrogens is 1150 g/mol. The van der Waals surface area contributed by atoms with Crippen molar-refractivity contribution >= 4 is 5.91 Å². The molecule has 2 aliphatic heterocycles. The maximum absolute atomic E-state index is 13.4. The van der Waals surface area contributed by atoms with Gasteiger partial charge in [0, 0.05) is 6.42 Å². The number of hydrogen-bond acceptors (Lipinski definition) is 13. The number of rotatable bonds is 58. The average molecular weight is 1280 g/mol. The SMILES string of the molecule is CC/C=C\C/C=C\C/C=C\C/C=C\C/C=C\C/C=C\C/C=C\C/C=C\C/C=C\C/C=C\CCCCCCCCCCC(=O)NC(COC1OC(CO)C(OC2OC(CO)C(O)C(O)C2O)C(O)C1O)C(O)CCCCCCCCCCCCCCCCCCCC. The Morgan fingerprint density at radius 3 is 1.16 bits per heavy atom. The van der Waals surface area contributed by atoms with Gasteiger partial charge in [-0.15, -0.1) is 0 Å². The van der Waals surface area contributed by atoms with E-state index < -0.39 is 86.8 Å². The molecule has 2 fully saturated rings. The van der Waals surface area contributed by atoms with Crippen LogP contribution in [0.3, 0.4) is 0 Å². The molecule has 14 nitrogen and oxygen atoms in total. The monoisotopic (exact) mass is 1280 g/mol. The van der Waals surface area contributed by atoms with E-state index in [1.807, 2.05) is 0 Å². The summed E-state index contributed by atoms with van der Waals surface area (Å²) in [5.74, 6) is -0.218. The molecule has 2 aliphatic rings.